The van der Waals surface area contributed by atoms with E-state index in [0.717, 1.165) is 19.3 Å². The highest BCUT2D eigenvalue weighted by atomic mass is 16.5. The van der Waals surface area contributed by atoms with Crippen LogP contribution in [0.1, 0.15) is 87.9 Å². The Morgan fingerprint density at radius 1 is 0.968 bits per heavy atom. The Labute approximate surface area is 186 Å². The maximum atomic E-state index is 12.8. The molecule has 2 rings (SSSR count). The van der Waals surface area contributed by atoms with Crippen LogP contribution in [0.5, 0.6) is 0 Å². The summed E-state index contributed by atoms with van der Waals surface area (Å²) in [6, 6.07) is 8.02. The summed E-state index contributed by atoms with van der Waals surface area (Å²) in [5, 5.41) is 2.75. The highest BCUT2D eigenvalue weighted by Crippen LogP contribution is 2.15. The minimum absolute atomic E-state index is 0.109. The average Bonchev–Trinajstić information content (AvgIpc) is 2.79. The van der Waals surface area contributed by atoms with Crippen LogP contribution in [-0.2, 0) is 14.3 Å². The number of esters is 1. The summed E-state index contributed by atoms with van der Waals surface area (Å²) in [7, 11) is 0. The number of benzene rings is 1. The molecule has 172 valence electrons. The predicted octanol–water partition coefficient (Wildman–Crippen LogP) is 4.48. The van der Waals surface area contributed by atoms with Gasteiger partial charge in [-0.25, -0.2) is 0 Å². The van der Waals surface area contributed by atoms with Crippen LogP contribution in [0, 0.1) is 0 Å². The van der Waals surface area contributed by atoms with E-state index in [2.05, 4.69) is 12.2 Å². The Balaban J connectivity index is 1.65. The molecule has 0 aromatic heterocycles. The molecule has 1 heterocycles. The summed E-state index contributed by atoms with van der Waals surface area (Å²) in [4.78, 5) is 38.9. The minimum atomic E-state index is -0.818. The van der Waals surface area contributed by atoms with Crippen LogP contribution >= 0.6 is 0 Å². The Morgan fingerprint density at radius 2 is 1.58 bits per heavy atom. The van der Waals surface area contributed by atoms with Crippen molar-refractivity contribution in [2.45, 2.75) is 83.6 Å². The van der Waals surface area contributed by atoms with Crippen LogP contribution in [0.2, 0.25) is 0 Å². The van der Waals surface area contributed by atoms with Gasteiger partial charge >= 0.3 is 5.97 Å². The fourth-order valence-electron chi connectivity index (χ4n) is 3.90. The van der Waals surface area contributed by atoms with Crippen molar-refractivity contribution in [3.05, 3.63) is 35.9 Å². The van der Waals surface area contributed by atoms with E-state index in [1.54, 1.807) is 24.3 Å². The van der Waals surface area contributed by atoms with Gasteiger partial charge in [-0.1, -0.05) is 82.9 Å². The third kappa shape index (κ3) is 9.11. The van der Waals surface area contributed by atoms with Gasteiger partial charge in [0.05, 0.1) is 13.0 Å². The molecule has 0 aliphatic carbocycles. The zero-order chi connectivity index (χ0) is 22.3. The van der Waals surface area contributed by atoms with Crippen molar-refractivity contribution >= 4 is 17.8 Å². The molecule has 1 aromatic rings. The number of nitrogens with zero attached hydrogens (tertiary/aromatic N) is 1. The van der Waals surface area contributed by atoms with Crippen molar-refractivity contribution in [3.63, 3.8) is 0 Å². The summed E-state index contributed by atoms with van der Waals surface area (Å²) in [6.07, 6.45) is 12.1. The molecule has 1 atom stereocenters. The van der Waals surface area contributed by atoms with Gasteiger partial charge in [0.2, 0.25) is 5.91 Å². The lowest BCUT2D eigenvalue weighted by Gasteiger charge is -2.34. The van der Waals surface area contributed by atoms with Crippen LogP contribution in [-0.4, -0.2) is 48.4 Å². The van der Waals surface area contributed by atoms with E-state index in [4.69, 9.17) is 4.74 Å². The molecule has 0 saturated carbocycles. The number of carbonyl (C=O) groups excluding carboxylic acids is 3. The Kier molecular flexibility index (Phi) is 11.7. The fourth-order valence-corrected chi connectivity index (χ4v) is 3.90. The number of rotatable bonds is 14. The molecule has 1 fully saturated rings. The van der Waals surface area contributed by atoms with Crippen molar-refractivity contribution in [1.29, 1.82) is 0 Å². The van der Waals surface area contributed by atoms with Gasteiger partial charge in [0.25, 0.3) is 5.91 Å². The van der Waals surface area contributed by atoms with Gasteiger partial charge in [-0.3, -0.25) is 14.4 Å². The lowest BCUT2D eigenvalue weighted by Crippen LogP contribution is -2.57. The van der Waals surface area contributed by atoms with E-state index in [9.17, 15) is 14.4 Å². The summed E-state index contributed by atoms with van der Waals surface area (Å²) in [6.45, 7) is 3.38. The lowest BCUT2D eigenvalue weighted by atomic mass is 10.1. The van der Waals surface area contributed by atoms with E-state index in [1.807, 2.05) is 6.07 Å². The molecular weight excluding hydrogens is 392 g/mol. The first-order chi connectivity index (χ1) is 15.1. The second-order valence-electron chi connectivity index (χ2n) is 8.28. The fraction of sp³-hybridized carbons (Fsp3) is 0.640. The number of nitrogens with one attached hydrogen (secondary N) is 1. The van der Waals surface area contributed by atoms with Crippen LogP contribution in [0.4, 0.5) is 0 Å². The highest BCUT2D eigenvalue weighted by Gasteiger charge is 2.35. The van der Waals surface area contributed by atoms with Crippen molar-refractivity contribution in [2.24, 2.45) is 0 Å². The number of hydrogen-bond donors (Lipinski definition) is 1. The molecule has 6 heteroatoms. The molecule has 0 spiro atoms. The molecule has 1 aromatic carbocycles. The second-order valence-corrected chi connectivity index (χ2v) is 8.28. The standard InChI is InChI=1S/C25H38N2O4/c1-2-3-4-5-6-7-8-9-10-14-19-31-23(28)20-22-24(29)26-17-18-27(22)25(30)21-15-12-11-13-16-21/h11-13,15-16,22H,2-10,14,17-20H2,1H3,(H,26,29). The zero-order valence-corrected chi connectivity index (χ0v) is 18.9. The average molecular weight is 431 g/mol. The molecule has 31 heavy (non-hydrogen) atoms. The summed E-state index contributed by atoms with van der Waals surface area (Å²) in [5.74, 6) is -0.960. The molecule has 1 saturated heterocycles. The zero-order valence-electron chi connectivity index (χ0n) is 18.9. The largest absolute Gasteiger partial charge is 0.466 e. The smallest absolute Gasteiger partial charge is 0.308 e. The van der Waals surface area contributed by atoms with Gasteiger partial charge in [-0.15, -0.1) is 0 Å². The molecule has 1 unspecified atom stereocenters. The molecule has 0 radical (unpaired) electrons. The number of unbranched alkanes of at least 4 members (excludes halogenated alkanes) is 9. The third-order valence-corrected chi connectivity index (χ3v) is 5.73. The number of amides is 2. The van der Waals surface area contributed by atoms with Crippen molar-refractivity contribution in [3.8, 4) is 0 Å². The van der Waals surface area contributed by atoms with E-state index < -0.39 is 12.0 Å². The third-order valence-electron chi connectivity index (χ3n) is 5.73. The first-order valence-corrected chi connectivity index (χ1v) is 11.9. The quantitative estimate of drug-likeness (QED) is 0.349. The van der Waals surface area contributed by atoms with Gasteiger partial charge in [0.15, 0.2) is 0 Å². The van der Waals surface area contributed by atoms with Gasteiger partial charge in [0, 0.05) is 18.7 Å². The number of ether oxygens (including phenoxy) is 1. The maximum absolute atomic E-state index is 12.8. The van der Waals surface area contributed by atoms with Crippen molar-refractivity contribution < 1.29 is 19.1 Å². The molecular formula is C25H38N2O4. The van der Waals surface area contributed by atoms with E-state index in [0.29, 0.717) is 25.3 Å². The highest BCUT2D eigenvalue weighted by molar-refractivity contribution is 5.99. The van der Waals surface area contributed by atoms with Gasteiger partial charge in [0.1, 0.15) is 6.04 Å². The van der Waals surface area contributed by atoms with Crippen LogP contribution in [0.3, 0.4) is 0 Å². The van der Waals surface area contributed by atoms with Gasteiger partial charge in [-0.05, 0) is 18.6 Å². The number of carbonyl (C=O) groups is 3. The molecule has 2 amide bonds. The molecule has 0 bridgehead atoms. The molecule has 1 N–H and O–H groups in total. The van der Waals surface area contributed by atoms with E-state index >= 15 is 0 Å². The van der Waals surface area contributed by atoms with Crippen LogP contribution in [0.15, 0.2) is 30.3 Å². The molecule has 1 aliphatic rings. The summed E-state index contributed by atoms with van der Waals surface area (Å²) >= 11 is 0. The topological polar surface area (TPSA) is 75.7 Å². The van der Waals surface area contributed by atoms with E-state index in [-0.39, 0.29) is 18.2 Å². The Morgan fingerprint density at radius 3 is 2.23 bits per heavy atom. The van der Waals surface area contributed by atoms with Gasteiger partial charge in [-0.2, -0.15) is 0 Å². The Bertz CT molecular complexity index is 677. The first-order valence-electron chi connectivity index (χ1n) is 11.9. The van der Waals surface area contributed by atoms with E-state index in [1.165, 1.54) is 49.8 Å². The van der Waals surface area contributed by atoms with Crippen LogP contribution in [0.25, 0.3) is 0 Å². The van der Waals surface area contributed by atoms with Crippen molar-refractivity contribution in [2.75, 3.05) is 19.7 Å². The second kappa shape index (κ2) is 14.6. The monoisotopic (exact) mass is 430 g/mol. The molecule has 1 aliphatic heterocycles. The first kappa shape index (κ1) is 24.9. The van der Waals surface area contributed by atoms with Gasteiger partial charge < -0.3 is 15.0 Å². The number of piperazine rings is 1. The Hall–Kier alpha value is -2.37. The summed E-state index contributed by atoms with van der Waals surface area (Å²) in [5.41, 5.74) is 0.515. The maximum Gasteiger partial charge on any atom is 0.308 e. The molecule has 6 nitrogen and oxygen atoms in total. The predicted molar refractivity (Wildman–Crippen MR) is 122 cm³/mol. The lowest BCUT2D eigenvalue weighted by molar-refractivity contribution is -0.147. The minimum Gasteiger partial charge on any atom is -0.466 e. The van der Waals surface area contributed by atoms with Crippen molar-refractivity contribution in [1.82, 2.24) is 10.2 Å². The van der Waals surface area contributed by atoms with Crippen LogP contribution < -0.4 is 5.32 Å². The SMILES string of the molecule is CCCCCCCCCCCCOC(=O)CC1C(=O)NCCN1C(=O)c1ccccc1. The normalized spacial score (nSPS) is 16.1. The number of hydrogen-bond acceptors (Lipinski definition) is 4. The summed E-state index contributed by atoms with van der Waals surface area (Å²) < 4.78 is 5.34.